The van der Waals surface area contributed by atoms with Gasteiger partial charge in [0.25, 0.3) is 10.0 Å². The summed E-state index contributed by atoms with van der Waals surface area (Å²) in [5.41, 5.74) is 0.0348. The van der Waals surface area contributed by atoms with Crippen molar-refractivity contribution < 1.29 is 17.9 Å². The minimum atomic E-state index is -3.55. The molecule has 7 nitrogen and oxygen atoms in total. The molecular formula is C17H23N3O4S. The van der Waals surface area contributed by atoms with Gasteiger partial charge in [-0.3, -0.25) is 9.71 Å². The highest BCUT2D eigenvalue weighted by Gasteiger charge is 2.32. The third kappa shape index (κ3) is 3.95. The van der Waals surface area contributed by atoms with Gasteiger partial charge >= 0.3 is 6.09 Å². The number of fused-ring (bicyclic) bond motifs is 1. The summed E-state index contributed by atoms with van der Waals surface area (Å²) in [7, 11) is -3.55. The van der Waals surface area contributed by atoms with Crippen molar-refractivity contribution in [1.82, 2.24) is 9.62 Å². The predicted molar refractivity (Wildman–Crippen MR) is 94.1 cm³/mol. The third-order valence-corrected chi connectivity index (χ3v) is 5.42. The number of nitrogens with zero attached hydrogens (tertiary/aromatic N) is 2. The molecule has 2 heterocycles. The van der Waals surface area contributed by atoms with Gasteiger partial charge < -0.3 is 9.64 Å². The summed E-state index contributed by atoms with van der Waals surface area (Å²) in [6.45, 7) is 6.53. The number of amidine groups is 1. The lowest BCUT2D eigenvalue weighted by Crippen LogP contribution is -2.44. The number of rotatable bonds is 1. The molecule has 8 heteroatoms. The molecular weight excluding hydrogens is 342 g/mol. The van der Waals surface area contributed by atoms with Crippen molar-refractivity contribution in [2.45, 2.75) is 50.2 Å². The van der Waals surface area contributed by atoms with E-state index in [2.05, 4.69) is 9.71 Å². The van der Waals surface area contributed by atoms with E-state index in [4.69, 9.17) is 4.74 Å². The summed E-state index contributed by atoms with van der Waals surface area (Å²) in [6.07, 6.45) is 1.24. The van der Waals surface area contributed by atoms with Crippen LogP contribution in [0.1, 0.15) is 39.2 Å². The Labute approximate surface area is 148 Å². The van der Waals surface area contributed by atoms with Gasteiger partial charge in [0.05, 0.1) is 10.9 Å². The Balaban J connectivity index is 1.77. The minimum absolute atomic E-state index is 0.162. The van der Waals surface area contributed by atoms with E-state index in [1.54, 1.807) is 29.2 Å². The molecule has 1 unspecified atom stereocenters. The van der Waals surface area contributed by atoms with E-state index >= 15 is 0 Å². The molecule has 1 N–H and O–H groups in total. The van der Waals surface area contributed by atoms with Gasteiger partial charge in [0.2, 0.25) is 0 Å². The summed E-state index contributed by atoms with van der Waals surface area (Å²) in [4.78, 5) is 18.7. The SMILES string of the molecule is CC(C)(C)OC(=O)N1CCCC(N=C2NS(=O)(=O)c3ccccc32)C1. The molecule has 0 aliphatic carbocycles. The fourth-order valence-electron chi connectivity index (χ4n) is 2.96. The van der Waals surface area contributed by atoms with Crippen LogP contribution < -0.4 is 4.72 Å². The summed E-state index contributed by atoms with van der Waals surface area (Å²) < 4.78 is 32.2. The molecule has 1 aromatic carbocycles. The number of benzene rings is 1. The van der Waals surface area contributed by atoms with Crippen LogP contribution in [0.2, 0.25) is 0 Å². The molecule has 1 fully saturated rings. The van der Waals surface area contributed by atoms with E-state index in [-0.39, 0.29) is 17.0 Å². The van der Waals surface area contributed by atoms with Gasteiger partial charge in [0.15, 0.2) is 0 Å². The van der Waals surface area contributed by atoms with E-state index in [1.165, 1.54) is 0 Å². The van der Waals surface area contributed by atoms with E-state index in [9.17, 15) is 13.2 Å². The van der Waals surface area contributed by atoms with Crippen LogP contribution >= 0.6 is 0 Å². The smallest absolute Gasteiger partial charge is 0.410 e. The van der Waals surface area contributed by atoms with Crippen molar-refractivity contribution in [2.24, 2.45) is 4.99 Å². The second-order valence-corrected chi connectivity index (χ2v) is 8.95. The number of likely N-dealkylation sites (tertiary alicyclic amines) is 1. The van der Waals surface area contributed by atoms with Gasteiger partial charge in [-0.2, -0.15) is 0 Å². The van der Waals surface area contributed by atoms with E-state index < -0.39 is 15.6 Å². The maximum Gasteiger partial charge on any atom is 0.410 e. The van der Waals surface area contributed by atoms with Crippen molar-refractivity contribution >= 4 is 22.0 Å². The molecule has 0 aromatic heterocycles. The van der Waals surface area contributed by atoms with Crippen molar-refractivity contribution in [3.8, 4) is 0 Å². The molecule has 1 saturated heterocycles. The van der Waals surface area contributed by atoms with E-state index in [0.29, 0.717) is 24.5 Å². The number of carbonyl (C=O) groups is 1. The first-order chi connectivity index (χ1) is 11.7. The first-order valence-corrected chi connectivity index (χ1v) is 9.82. The number of piperidine rings is 1. The van der Waals surface area contributed by atoms with E-state index in [0.717, 1.165) is 12.8 Å². The molecule has 2 aliphatic heterocycles. The van der Waals surface area contributed by atoms with Crippen LogP contribution in [0.25, 0.3) is 0 Å². The molecule has 0 radical (unpaired) electrons. The Hall–Kier alpha value is -2.09. The lowest BCUT2D eigenvalue weighted by Gasteiger charge is -2.32. The lowest BCUT2D eigenvalue weighted by atomic mass is 10.1. The second kappa shape index (κ2) is 6.33. The third-order valence-electron chi connectivity index (χ3n) is 4.02. The molecule has 1 atom stereocenters. The highest BCUT2D eigenvalue weighted by molar-refractivity contribution is 7.90. The Morgan fingerprint density at radius 3 is 2.76 bits per heavy atom. The standard InChI is InChI=1S/C17H23N3O4S/c1-17(2,3)24-16(21)20-10-6-7-12(11-20)18-15-13-8-4-5-9-14(13)25(22,23)19-15/h4-5,8-9,12H,6-7,10-11H2,1-3H3,(H,18,19). The molecule has 25 heavy (non-hydrogen) atoms. The number of hydrogen-bond donors (Lipinski definition) is 1. The highest BCUT2D eigenvalue weighted by atomic mass is 32.2. The number of hydrogen-bond acceptors (Lipinski definition) is 5. The number of aliphatic imine (C=N–C) groups is 1. The van der Waals surface area contributed by atoms with Crippen LogP contribution in [-0.4, -0.2) is 50.0 Å². The molecule has 2 aliphatic rings. The van der Waals surface area contributed by atoms with Crippen LogP contribution in [0.15, 0.2) is 34.2 Å². The van der Waals surface area contributed by atoms with E-state index in [1.807, 2.05) is 20.8 Å². The summed E-state index contributed by atoms with van der Waals surface area (Å²) in [5.74, 6) is 0.353. The predicted octanol–water partition coefficient (Wildman–Crippen LogP) is 2.12. The molecule has 0 bridgehead atoms. The fourth-order valence-corrected chi connectivity index (χ4v) is 4.20. The molecule has 0 saturated carbocycles. The molecule has 1 aromatic rings. The number of carbonyl (C=O) groups excluding carboxylic acids is 1. The Bertz CT molecular complexity index is 811. The van der Waals surface area contributed by atoms with Crippen molar-refractivity contribution in [1.29, 1.82) is 0 Å². The Kier molecular flexibility index (Phi) is 4.49. The average molecular weight is 365 g/mol. The molecule has 136 valence electrons. The molecule has 0 spiro atoms. The van der Waals surface area contributed by atoms with Crippen LogP contribution in [0.4, 0.5) is 4.79 Å². The van der Waals surface area contributed by atoms with Crippen LogP contribution in [0, 0.1) is 0 Å². The molecule has 1 amide bonds. The normalized spacial score (nSPS) is 23.9. The Morgan fingerprint density at radius 1 is 1.32 bits per heavy atom. The van der Waals surface area contributed by atoms with Crippen molar-refractivity contribution in [2.75, 3.05) is 13.1 Å². The number of nitrogens with one attached hydrogen (secondary N) is 1. The van der Waals surface area contributed by atoms with Gasteiger partial charge in [0.1, 0.15) is 11.4 Å². The van der Waals surface area contributed by atoms with Gasteiger partial charge in [-0.25, -0.2) is 13.2 Å². The van der Waals surface area contributed by atoms with Crippen molar-refractivity contribution in [3.05, 3.63) is 29.8 Å². The quantitative estimate of drug-likeness (QED) is 0.826. The first kappa shape index (κ1) is 17.7. The minimum Gasteiger partial charge on any atom is -0.444 e. The first-order valence-electron chi connectivity index (χ1n) is 8.34. The summed E-state index contributed by atoms with van der Waals surface area (Å²) >= 11 is 0. The maximum absolute atomic E-state index is 12.2. The fraction of sp³-hybridized carbons (Fsp3) is 0.529. The lowest BCUT2D eigenvalue weighted by molar-refractivity contribution is 0.0201. The number of amides is 1. The van der Waals surface area contributed by atoms with Crippen LogP contribution in [-0.2, 0) is 14.8 Å². The van der Waals surface area contributed by atoms with Gasteiger partial charge in [-0.05, 0) is 45.7 Å². The zero-order chi connectivity index (χ0) is 18.2. The second-order valence-electron chi connectivity index (χ2n) is 7.30. The maximum atomic E-state index is 12.2. The number of ether oxygens (including phenoxy) is 1. The Morgan fingerprint density at radius 2 is 2.04 bits per heavy atom. The largest absolute Gasteiger partial charge is 0.444 e. The van der Waals surface area contributed by atoms with Crippen molar-refractivity contribution in [3.63, 3.8) is 0 Å². The topological polar surface area (TPSA) is 88.1 Å². The molecule has 3 rings (SSSR count). The summed E-state index contributed by atoms with van der Waals surface area (Å²) in [5, 5.41) is 0. The van der Waals surface area contributed by atoms with Crippen LogP contribution in [0.5, 0.6) is 0 Å². The monoisotopic (exact) mass is 365 g/mol. The van der Waals surface area contributed by atoms with Gasteiger partial charge in [-0.1, -0.05) is 12.1 Å². The number of sulfonamides is 1. The van der Waals surface area contributed by atoms with Gasteiger partial charge in [0, 0.05) is 18.7 Å². The highest BCUT2D eigenvalue weighted by Crippen LogP contribution is 2.24. The summed E-state index contributed by atoms with van der Waals surface area (Å²) in [6, 6.07) is 6.61. The van der Waals surface area contributed by atoms with Gasteiger partial charge in [-0.15, -0.1) is 0 Å². The zero-order valence-corrected chi connectivity index (χ0v) is 15.5. The average Bonchev–Trinajstić information content (AvgIpc) is 2.77. The van der Waals surface area contributed by atoms with Crippen LogP contribution in [0.3, 0.4) is 0 Å². The zero-order valence-electron chi connectivity index (χ0n) is 14.7.